The van der Waals surface area contributed by atoms with Gasteiger partial charge in [-0.2, -0.15) is 4.57 Å². The Kier molecular flexibility index (Phi) is 4.98. The fourth-order valence-corrected chi connectivity index (χ4v) is 3.01. The standard InChI is InChI=1S/C13H14NS.BrH/c1-3-7-13-14(10-4-2)11-8-5-6-9-12(11)15-13;/h2,5-6,8-9H,3,7,10H2,1H3;1H/q+1;/p-1. The zero-order valence-corrected chi connectivity index (χ0v) is 11.6. The van der Waals surface area contributed by atoms with Crippen LogP contribution in [0, 0.1) is 12.3 Å². The van der Waals surface area contributed by atoms with Crippen LogP contribution in [0.1, 0.15) is 18.4 Å². The molecular formula is C13H14BrNS. The average molecular weight is 296 g/mol. The van der Waals surface area contributed by atoms with Crippen LogP contribution in [-0.4, -0.2) is 0 Å². The molecule has 84 valence electrons. The summed E-state index contributed by atoms with van der Waals surface area (Å²) >= 11 is 1.86. The highest BCUT2D eigenvalue weighted by molar-refractivity contribution is 7.18. The van der Waals surface area contributed by atoms with E-state index in [4.69, 9.17) is 6.42 Å². The molecule has 16 heavy (non-hydrogen) atoms. The minimum atomic E-state index is 0. The Labute approximate surface area is 111 Å². The predicted octanol–water partition coefficient (Wildman–Crippen LogP) is -0.222. The van der Waals surface area contributed by atoms with Gasteiger partial charge in [-0.25, -0.2) is 0 Å². The van der Waals surface area contributed by atoms with E-state index < -0.39 is 0 Å². The smallest absolute Gasteiger partial charge is 0.239 e. The molecule has 2 aromatic rings. The van der Waals surface area contributed by atoms with E-state index >= 15 is 0 Å². The topological polar surface area (TPSA) is 3.88 Å². The number of halogens is 1. The predicted molar refractivity (Wildman–Crippen MR) is 64.8 cm³/mol. The number of terminal acetylenes is 1. The second-order valence-corrected chi connectivity index (χ2v) is 4.62. The molecule has 3 heteroatoms. The first-order valence-electron chi connectivity index (χ1n) is 5.20. The van der Waals surface area contributed by atoms with Gasteiger partial charge in [0.05, 0.1) is 0 Å². The largest absolute Gasteiger partial charge is 1.00 e. The fourth-order valence-electron chi connectivity index (χ4n) is 1.75. The summed E-state index contributed by atoms with van der Waals surface area (Å²) in [5, 5.41) is 1.39. The van der Waals surface area contributed by atoms with Crippen molar-refractivity contribution < 1.29 is 21.5 Å². The molecule has 0 aliphatic carbocycles. The summed E-state index contributed by atoms with van der Waals surface area (Å²) in [6, 6.07) is 8.45. The summed E-state index contributed by atoms with van der Waals surface area (Å²) in [5.74, 6) is 2.73. The number of thiazole rings is 1. The van der Waals surface area contributed by atoms with Crippen LogP contribution < -0.4 is 21.5 Å². The van der Waals surface area contributed by atoms with Crippen molar-refractivity contribution in [1.29, 1.82) is 0 Å². The summed E-state index contributed by atoms with van der Waals surface area (Å²) < 4.78 is 3.58. The first kappa shape index (κ1) is 13.2. The molecule has 1 heterocycles. The van der Waals surface area contributed by atoms with Crippen LogP contribution in [0.25, 0.3) is 10.2 Å². The van der Waals surface area contributed by atoms with Crippen LogP contribution in [-0.2, 0) is 13.0 Å². The molecule has 1 nitrogen and oxygen atoms in total. The SMILES string of the molecule is C#CC[n+]1c(CCC)sc2ccccc21.[Br-]. The van der Waals surface area contributed by atoms with E-state index in [0.29, 0.717) is 6.54 Å². The highest BCUT2D eigenvalue weighted by Crippen LogP contribution is 2.20. The molecule has 1 aromatic carbocycles. The van der Waals surface area contributed by atoms with E-state index in [1.54, 1.807) is 0 Å². The van der Waals surface area contributed by atoms with Gasteiger partial charge < -0.3 is 17.0 Å². The maximum atomic E-state index is 5.41. The molecule has 0 saturated carbocycles. The van der Waals surface area contributed by atoms with Crippen LogP contribution in [0.15, 0.2) is 24.3 Å². The Morgan fingerprint density at radius 2 is 2.12 bits per heavy atom. The summed E-state index contributed by atoms with van der Waals surface area (Å²) in [5.41, 5.74) is 1.27. The number of benzene rings is 1. The number of fused-ring (bicyclic) bond motifs is 1. The molecule has 0 unspecified atom stereocenters. The minimum Gasteiger partial charge on any atom is -1.00 e. The number of nitrogens with zero attached hydrogens (tertiary/aromatic N) is 1. The molecular weight excluding hydrogens is 282 g/mol. The highest BCUT2D eigenvalue weighted by atomic mass is 79.9. The Balaban J connectivity index is 0.00000128. The molecule has 0 amide bonds. The molecule has 0 N–H and O–H groups in total. The van der Waals surface area contributed by atoms with Gasteiger partial charge in [0.25, 0.3) is 0 Å². The maximum absolute atomic E-state index is 5.41. The van der Waals surface area contributed by atoms with Crippen molar-refractivity contribution in [2.45, 2.75) is 26.3 Å². The van der Waals surface area contributed by atoms with E-state index in [-0.39, 0.29) is 17.0 Å². The van der Waals surface area contributed by atoms with Gasteiger partial charge in [-0.15, -0.1) is 6.42 Å². The molecule has 2 rings (SSSR count). The van der Waals surface area contributed by atoms with Crippen molar-refractivity contribution in [3.63, 3.8) is 0 Å². The molecule has 1 aromatic heterocycles. The Hall–Kier alpha value is -0.850. The van der Waals surface area contributed by atoms with Gasteiger partial charge in [-0.05, 0) is 18.4 Å². The van der Waals surface area contributed by atoms with Gasteiger partial charge in [-0.3, -0.25) is 0 Å². The van der Waals surface area contributed by atoms with E-state index in [0.717, 1.165) is 12.8 Å². The normalized spacial score (nSPS) is 9.75. The van der Waals surface area contributed by atoms with E-state index in [2.05, 4.69) is 41.7 Å². The monoisotopic (exact) mass is 295 g/mol. The van der Waals surface area contributed by atoms with Gasteiger partial charge in [0.2, 0.25) is 17.1 Å². The fraction of sp³-hybridized carbons (Fsp3) is 0.308. The summed E-state index contributed by atoms with van der Waals surface area (Å²) in [7, 11) is 0. The van der Waals surface area contributed by atoms with Crippen molar-refractivity contribution >= 4 is 21.6 Å². The lowest BCUT2D eigenvalue weighted by Crippen LogP contribution is -3.00. The van der Waals surface area contributed by atoms with Crippen LogP contribution in [0.4, 0.5) is 0 Å². The van der Waals surface area contributed by atoms with Crippen LogP contribution >= 0.6 is 11.3 Å². The van der Waals surface area contributed by atoms with Crippen LogP contribution in [0.5, 0.6) is 0 Å². The van der Waals surface area contributed by atoms with Crippen molar-refractivity contribution in [3.8, 4) is 12.3 Å². The zero-order chi connectivity index (χ0) is 10.7. The minimum absolute atomic E-state index is 0. The summed E-state index contributed by atoms with van der Waals surface area (Å²) in [4.78, 5) is 0. The number of para-hydroxylation sites is 1. The number of hydrogen-bond donors (Lipinski definition) is 0. The number of hydrogen-bond acceptors (Lipinski definition) is 1. The average Bonchev–Trinajstić information content (AvgIpc) is 2.59. The van der Waals surface area contributed by atoms with Crippen LogP contribution in [0.2, 0.25) is 0 Å². The molecule has 0 saturated heterocycles. The molecule has 0 fully saturated rings. The lowest BCUT2D eigenvalue weighted by Gasteiger charge is -1.92. The first-order chi connectivity index (χ1) is 7.36. The van der Waals surface area contributed by atoms with Crippen molar-refractivity contribution in [2.75, 3.05) is 0 Å². The van der Waals surface area contributed by atoms with Gasteiger partial charge in [0.1, 0.15) is 4.70 Å². The van der Waals surface area contributed by atoms with Crippen molar-refractivity contribution in [1.82, 2.24) is 0 Å². The lowest BCUT2D eigenvalue weighted by molar-refractivity contribution is -0.661. The third-order valence-corrected chi connectivity index (χ3v) is 3.62. The van der Waals surface area contributed by atoms with E-state index in [9.17, 15) is 0 Å². The lowest BCUT2D eigenvalue weighted by atomic mass is 10.3. The molecule has 0 radical (unpaired) electrons. The Morgan fingerprint density at radius 1 is 1.38 bits per heavy atom. The second kappa shape index (κ2) is 6.03. The third-order valence-electron chi connectivity index (χ3n) is 2.40. The molecule has 0 aliphatic rings. The maximum Gasteiger partial charge on any atom is 0.239 e. The van der Waals surface area contributed by atoms with Crippen LogP contribution in [0.3, 0.4) is 0 Å². The highest BCUT2D eigenvalue weighted by Gasteiger charge is 2.17. The Bertz CT molecular complexity index is 510. The number of rotatable bonds is 3. The third kappa shape index (κ3) is 2.45. The quantitative estimate of drug-likeness (QED) is 0.545. The van der Waals surface area contributed by atoms with E-state index in [1.165, 1.54) is 15.2 Å². The molecule has 0 spiro atoms. The summed E-state index contributed by atoms with van der Waals surface area (Å²) in [6.07, 6.45) is 7.69. The summed E-state index contributed by atoms with van der Waals surface area (Å²) in [6.45, 7) is 2.88. The molecule has 0 bridgehead atoms. The number of aromatic nitrogens is 1. The van der Waals surface area contributed by atoms with Gasteiger partial charge in [0, 0.05) is 12.5 Å². The second-order valence-electron chi connectivity index (χ2n) is 3.50. The van der Waals surface area contributed by atoms with Crippen molar-refractivity contribution in [3.05, 3.63) is 29.3 Å². The van der Waals surface area contributed by atoms with E-state index in [1.807, 2.05) is 11.3 Å². The van der Waals surface area contributed by atoms with Gasteiger partial charge in [0.15, 0.2) is 0 Å². The molecule has 0 aliphatic heterocycles. The number of aryl methyl sites for hydroxylation is 1. The zero-order valence-electron chi connectivity index (χ0n) is 9.24. The first-order valence-corrected chi connectivity index (χ1v) is 6.02. The van der Waals surface area contributed by atoms with Crippen molar-refractivity contribution in [2.24, 2.45) is 0 Å². The van der Waals surface area contributed by atoms with Gasteiger partial charge >= 0.3 is 0 Å². The van der Waals surface area contributed by atoms with Gasteiger partial charge in [-0.1, -0.05) is 30.4 Å². The Morgan fingerprint density at radius 3 is 2.81 bits per heavy atom. The molecule has 0 atom stereocenters.